The molecule has 1 aromatic carbocycles. The summed E-state index contributed by atoms with van der Waals surface area (Å²) in [4.78, 5) is 34.0. The van der Waals surface area contributed by atoms with Crippen LogP contribution >= 0.6 is 0 Å². The molecule has 6 nitrogen and oxygen atoms in total. The predicted octanol–water partition coefficient (Wildman–Crippen LogP) is 5.49. The molecule has 0 aliphatic heterocycles. The molecule has 172 valence electrons. The van der Waals surface area contributed by atoms with Crippen LogP contribution in [0.3, 0.4) is 0 Å². The van der Waals surface area contributed by atoms with E-state index in [1.807, 2.05) is 71.0 Å². The van der Waals surface area contributed by atoms with Crippen LogP contribution in [0.15, 0.2) is 59.7 Å². The van der Waals surface area contributed by atoms with Gasteiger partial charge in [0.1, 0.15) is 12.0 Å². The summed E-state index contributed by atoms with van der Waals surface area (Å²) >= 11 is 0. The normalized spacial score (nSPS) is 8.65. The van der Waals surface area contributed by atoms with Gasteiger partial charge in [-0.25, -0.2) is 9.97 Å². The molecule has 0 aliphatic carbocycles. The first-order valence-corrected chi connectivity index (χ1v) is 11.0. The van der Waals surface area contributed by atoms with E-state index in [0.29, 0.717) is 12.1 Å². The molecule has 2 aromatic heterocycles. The fourth-order valence-electron chi connectivity index (χ4n) is 2.16. The van der Waals surface area contributed by atoms with Gasteiger partial charge >= 0.3 is 0 Å². The highest BCUT2D eigenvalue weighted by atomic mass is 16.2. The molecule has 0 aliphatic rings. The Morgan fingerprint density at radius 3 is 1.81 bits per heavy atom. The number of benzene rings is 1. The smallest absolute Gasteiger partial charge is 0.249 e. The zero-order valence-corrected chi connectivity index (χ0v) is 20.5. The van der Waals surface area contributed by atoms with Crippen molar-refractivity contribution in [1.82, 2.24) is 19.9 Å². The minimum Gasteiger partial charge on any atom is -0.349 e. The molecule has 6 heteroatoms. The molecule has 1 amide bonds. The number of fused-ring (bicyclic) bond motifs is 1. The lowest BCUT2D eigenvalue weighted by molar-refractivity contribution is -0.128. The third-order valence-electron chi connectivity index (χ3n) is 3.56. The number of aromatic amines is 1. The van der Waals surface area contributed by atoms with E-state index in [-0.39, 0.29) is 11.5 Å². The van der Waals surface area contributed by atoms with Gasteiger partial charge in [-0.3, -0.25) is 9.59 Å². The Bertz CT molecular complexity index is 835. The molecule has 0 fully saturated rings. The third kappa shape index (κ3) is 13.8. The first-order chi connectivity index (χ1) is 15.0. The molecule has 0 radical (unpaired) electrons. The molecule has 0 bridgehead atoms. The summed E-state index contributed by atoms with van der Waals surface area (Å²) < 4.78 is 0. The first kappa shape index (κ1) is 30.2. The Morgan fingerprint density at radius 1 is 0.903 bits per heavy atom. The molecular weight excluding hydrogens is 388 g/mol. The lowest BCUT2D eigenvalue weighted by Gasteiger charge is -2.05. The Balaban J connectivity index is 0. The summed E-state index contributed by atoms with van der Waals surface area (Å²) in [5.74, 6) is 0.181. The van der Waals surface area contributed by atoms with Crippen molar-refractivity contribution in [1.29, 1.82) is 0 Å². The molecule has 0 unspecified atom stereocenters. The number of hydrogen-bond acceptors (Lipinski definition) is 4. The maximum absolute atomic E-state index is 11.0. The van der Waals surface area contributed by atoms with E-state index < -0.39 is 0 Å². The van der Waals surface area contributed by atoms with Crippen LogP contribution in [0, 0.1) is 0 Å². The molecule has 1 N–H and O–H groups in total. The topological polar surface area (TPSA) is 79.0 Å². The number of amides is 1. The van der Waals surface area contributed by atoms with Crippen LogP contribution in [-0.4, -0.2) is 39.9 Å². The van der Waals surface area contributed by atoms with Gasteiger partial charge in [0.2, 0.25) is 11.5 Å². The molecule has 0 saturated carbocycles. The second-order valence-electron chi connectivity index (χ2n) is 5.95. The van der Waals surface area contributed by atoms with E-state index >= 15 is 0 Å². The second-order valence-corrected chi connectivity index (χ2v) is 5.95. The van der Waals surface area contributed by atoms with Crippen LogP contribution < -0.4 is 5.56 Å². The van der Waals surface area contributed by atoms with Crippen molar-refractivity contribution in [2.75, 3.05) is 14.1 Å². The Hall–Kier alpha value is -3.02. The summed E-state index contributed by atoms with van der Waals surface area (Å²) in [6.07, 6.45) is 4.03. The van der Waals surface area contributed by atoms with E-state index in [4.69, 9.17) is 0 Å². The molecule has 3 rings (SSSR count). The Labute approximate surface area is 187 Å². The largest absolute Gasteiger partial charge is 0.349 e. The number of aromatic nitrogens is 3. The summed E-state index contributed by atoms with van der Waals surface area (Å²) in [7, 11) is 3.51. The van der Waals surface area contributed by atoms with Gasteiger partial charge in [0.15, 0.2) is 0 Å². The van der Waals surface area contributed by atoms with Crippen LogP contribution in [0.4, 0.5) is 0 Å². The van der Waals surface area contributed by atoms with Gasteiger partial charge in [-0.05, 0) is 12.5 Å². The van der Waals surface area contributed by atoms with Crippen molar-refractivity contribution < 1.29 is 4.79 Å². The summed E-state index contributed by atoms with van der Waals surface area (Å²) in [5, 5.41) is 0.939. The number of H-pyrrole nitrogens is 1. The van der Waals surface area contributed by atoms with Crippen molar-refractivity contribution in [3.05, 3.63) is 70.9 Å². The lowest BCUT2D eigenvalue weighted by atomic mass is 10.2. The quantitative estimate of drug-likeness (QED) is 0.598. The highest BCUT2D eigenvalue weighted by molar-refractivity contribution is 5.76. The van der Waals surface area contributed by atoms with E-state index in [9.17, 15) is 9.59 Å². The predicted molar refractivity (Wildman–Crippen MR) is 132 cm³/mol. The fraction of sp³-hybridized carbons (Fsp3) is 0.440. The molecule has 31 heavy (non-hydrogen) atoms. The Morgan fingerprint density at radius 2 is 1.42 bits per heavy atom. The van der Waals surface area contributed by atoms with Crippen LogP contribution in [0.5, 0.6) is 0 Å². The van der Waals surface area contributed by atoms with Gasteiger partial charge in [-0.15, -0.1) is 0 Å². The maximum Gasteiger partial charge on any atom is 0.249 e. The minimum absolute atomic E-state index is 0.126. The monoisotopic (exact) mass is 428 g/mol. The molecule has 0 atom stereocenters. The average molecular weight is 429 g/mol. The number of hydrogen-bond donors (Lipinski definition) is 1. The highest BCUT2D eigenvalue weighted by Crippen LogP contribution is 2.11. The number of carbonyl (C=O) groups is 1. The fourth-order valence-corrected chi connectivity index (χ4v) is 2.16. The van der Waals surface area contributed by atoms with Crippen molar-refractivity contribution in [3.8, 4) is 0 Å². The second kappa shape index (κ2) is 20.3. The number of aryl methyl sites for hydroxylation is 1. The zero-order valence-electron chi connectivity index (χ0n) is 20.5. The standard InChI is InChI=1S/C10H11N3O.C6H6.C5H11NO.2C2H6/c1-2-3-8-7-4-5-9(14)13-10(7)12-6-11-8;1-2-4-6-5-3-1;1-4-5(7)6(2)3;2*1-2/h4-6H,2-3H2,1H3,(H,11,12,13,14);1-6H;4H2,1-3H3;2*1-2H3. The number of nitrogens with one attached hydrogen (secondary N) is 1. The summed E-state index contributed by atoms with van der Waals surface area (Å²) in [5.41, 5.74) is 1.49. The van der Waals surface area contributed by atoms with Crippen LogP contribution in [0.1, 0.15) is 60.1 Å². The van der Waals surface area contributed by atoms with Gasteiger partial charge in [0, 0.05) is 32.0 Å². The first-order valence-electron chi connectivity index (χ1n) is 11.0. The lowest BCUT2D eigenvalue weighted by Crippen LogP contribution is -2.19. The van der Waals surface area contributed by atoms with Gasteiger partial charge in [0.25, 0.3) is 0 Å². The number of rotatable bonds is 3. The molecule has 0 saturated heterocycles. The van der Waals surface area contributed by atoms with Gasteiger partial charge < -0.3 is 9.88 Å². The van der Waals surface area contributed by atoms with Gasteiger partial charge in [0.05, 0.1) is 5.69 Å². The highest BCUT2D eigenvalue weighted by Gasteiger charge is 2.02. The maximum atomic E-state index is 11.0. The van der Waals surface area contributed by atoms with E-state index in [1.54, 1.807) is 25.1 Å². The number of nitrogens with zero attached hydrogens (tertiary/aromatic N) is 3. The molecule has 0 spiro atoms. The average Bonchev–Trinajstić information content (AvgIpc) is 2.83. The van der Waals surface area contributed by atoms with Crippen molar-refractivity contribution in [2.24, 2.45) is 0 Å². The van der Waals surface area contributed by atoms with Gasteiger partial charge in [-0.1, -0.05) is 84.4 Å². The minimum atomic E-state index is -0.126. The SMILES string of the molecule is CC.CC.CCC(=O)N(C)C.CCCc1ncnc2[nH]c(=O)ccc12.c1ccccc1. The summed E-state index contributed by atoms with van der Waals surface area (Å²) in [6.45, 7) is 11.9. The van der Waals surface area contributed by atoms with Crippen molar-refractivity contribution in [3.63, 3.8) is 0 Å². The zero-order chi connectivity index (χ0) is 24.1. The van der Waals surface area contributed by atoms with Crippen LogP contribution in [0.2, 0.25) is 0 Å². The van der Waals surface area contributed by atoms with E-state index in [2.05, 4.69) is 21.9 Å². The molecule has 3 aromatic rings. The number of carbonyl (C=O) groups excluding carboxylic acids is 1. The number of pyridine rings is 1. The molecule has 2 heterocycles. The van der Waals surface area contributed by atoms with E-state index in [0.717, 1.165) is 23.9 Å². The van der Waals surface area contributed by atoms with Gasteiger partial charge in [-0.2, -0.15) is 0 Å². The van der Waals surface area contributed by atoms with Crippen molar-refractivity contribution >= 4 is 16.9 Å². The van der Waals surface area contributed by atoms with Crippen molar-refractivity contribution in [2.45, 2.75) is 60.8 Å². The summed E-state index contributed by atoms with van der Waals surface area (Å²) in [6, 6.07) is 15.3. The molecular formula is C25H40N4O2. The Kier molecular flexibility index (Phi) is 19.7. The van der Waals surface area contributed by atoms with Crippen LogP contribution in [0.25, 0.3) is 11.0 Å². The van der Waals surface area contributed by atoms with Crippen LogP contribution in [-0.2, 0) is 11.2 Å². The van der Waals surface area contributed by atoms with E-state index in [1.165, 1.54) is 12.4 Å². The third-order valence-corrected chi connectivity index (χ3v) is 3.56.